The van der Waals surface area contributed by atoms with Crippen molar-refractivity contribution in [3.8, 4) is 5.75 Å². The predicted molar refractivity (Wildman–Crippen MR) is 187 cm³/mol. The van der Waals surface area contributed by atoms with Gasteiger partial charge in [0.15, 0.2) is 0 Å². The summed E-state index contributed by atoms with van der Waals surface area (Å²) in [5.41, 5.74) is 2.44. The summed E-state index contributed by atoms with van der Waals surface area (Å²) in [6.45, 7) is 5.56. The van der Waals surface area contributed by atoms with Gasteiger partial charge in [0.05, 0.1) is 22.7 Å². The molecule has 1 N–H and O–H groups in total. The van der Waals surface area contributed by atoms with Crippen LogP contribution in [0.3, 0.4) is 0 Å². The molecule has 0 heterocycles. The molecule has 2 amide bonds. The molecule has 0 saturated heterocycles. The topological polar surface area (TPSA) is 96.0 Å². The van der Waals surface area contributed by atoms with Gasteiger partial charge >= 0.3 is 0 Å². The van der Waals surface area contributed by atoms with E-state index in [1.807, 2.05) is 57.2 Å². The van der Waals surface area contributed by atoms with E-state index in [0.717, 1.165) is 15.4 Å². The molecule has 0 aliphatic heterocycles. The van der Waals surface area contributed by atoms with Crippen molar-refractivity contribution in [3.05, 3.63) is 124 Å². The average molecular weight is 697 g/mol. The van der Waals surface area contributed by atoms with Gasteiger partial charge in [0.1, 0.15) is 18.3 Å². The van der Waals surface area contributed by atoms with Gasteiger partial charge < -0.3 is 15.0 Å². The number of benzene rings is 4. The van der Waals surface area contributed by atoms with E-state index in [-0.39, 0.29) is 45.4 Å². The normalized spacial score (nSPS) is 12.0. The van der Waals surface area contributed by atoms with E-state index in [1.165, 1.54) is 35.2 Å². The first kappa shape index (κ1) is 35.8. The molecule has 0 aliphatic carbocycles. The SMILES string of the molecule is COc1cccc(CN(C(=O)CN(c2cc(Cl)ccc2Cl)S(=O)(=O)c2ccc(C)cc2)[C@H](Cc2ccccc2)C(=O)NCC(C)C)c1. The lowest BCUT2D eigenvalue weighted by Gasteiger charge is -2.34. The summed E-state index contributed by atoms with van der Waals surface area (Å²) in [6, 6.07) is 26.3. The van der Waals surface area contributed by atoms with Crippen LogP contribution in [0.25, 0.3) is 0 Å². The largest absolute Gasteiger partial charge is 0.497 e. The molecule has 4 rings (SSSR count). The van der Waals surface area contributed by atoms with Crippen molar-refractivity contribution >= 4 is 50.7 Å². The number of nitrogens with zero attached hydrogens (tertiary/aromatic N) is 2. The molecule has 0 aliphatic rings. The van der Waals surface area contributed by atoms with Gasteiger partial charge in [-0.2, -0.15) is 0 Å². The molecule has 8 nitrogen and oxygen atoms in total. The number of carbonyl (C=O) groups excluding carboxylic acids is 2. The summed E-state index contributed by atoms with van der Waals surface area (Å²) in [5.74, 6) is -0.222. The molecule has 0 saturated carbocycles. The average Bonchev–Trinajstić information content (AvgIpc) is 3.05. The zero-order valence-corrected chi connectivity index (χ0v) is 29.1. The maximum Gasteiger partial charge on any atom is 0.264 e. The van der Waals surface area contributed by atoms with E-state index in [9.17, 15) is 18.0 Å². The molecule has 0 aromatic heterocycles. The highest BCUT2D eigenvalue weighted by atomic mass is 35.5. The number of amides is 2. The molecule has 0 radical (unpaired) electrons. The number of anilines is 1. The Labute approximate surface area is 287 Å². The number of carbonyl (C=O) groups is 2. The number of ether oxygens (including phenoxy) is 1. The van der Waals surface area contributed by atoms with E-state index in [4.69, 9.17) is 27.9 Å². The van der Waals surface area contributed by atoms with Crippen LogP contribution in [0.5, 0.6) is 5.75 Å². The van der Waals surface area contributed by atoms with Crippen LogP contribution in [0.15, 0.2) is 102 Å². The van der Waals surface area contributed by atoms with Gasteiger partial charge in [-0.1, -0.05) is 97.2 Å². The summed E-state index contributed by atoms with van der Waals surface area (Å²) in [4.78, 5) is 29.9. The minimum atomic E-state index is -4.33. The molecule has 248 valence electrons. The molecule has 47 heavy (non-hydrogen) atoms. The summed E-state index contributed by atoms with van der Waals surface area (Å²) in [6.07, 6.45) is 0.198. The number of rotatable bonds is 14. The van der Waals surface area contributed by atoms with Crippen molar-refractivity contribution in [2.24, 2.45) is 5.92 Å². The third-order valence-electron chi connectivity index (χ3n) is 7.51. The Kier molecular flexibility index (Phi) is 12.3. The molecule has 4 aromatic carbocycles. The second-order valence-corrected chi connectivity index (χ2v) is 14.3. The maximum atomic E-state index is 14.6. The zero-order chi connectivity index (χ0) is 34.1. The van der Waals surface area contributed by atoms with Crippen LogP contribution >= 0.6 is 23.2 Å². The number of halogens is 2. The van der Waals surface area contributed by atoms with Crippen molar-refractivity contribution in [1.82, 2.24) is 10.2 Å². The van der Waals surface area contributed by atoms with Crippen LogP contribution in [0, 0.1) is 12.8 Å². The van der Waals surface area contributed by atoms with Gasteiger partial charge in [0.25, 0.3) is 10.0 Å². The first-order valence-electron chi connectivity index (χ1n) is 15.2. The quantitative estimate of drug-likeness (QED) is 0.155. The molecular formula is C36H39Cl2N3O5S. The van der Waals surface area contributed by atoms with Crippen molar-refractivity contribution < 1.29 is 22.7 Å². The van der Waals surface area contributed by atoms with Gasteiger partial charge in [0, 0.05) is 24.5 Å². The first-order chi connectivity index (χ1) is 22.4. The van der Waals surface area contributed by atoms with Crippen LogP contribution in [0.1, 0.15) is 30.5 Å². The fourth-order valence-electron chi connectivity index (χ4n) is 4.97. The zero-order valence-electron chi connectivity index (χ0n) is 26.8. The third kappa shape index (κ3) is 9.50. The van der Waals surface area contributed by atoms with Gasteiger partial charge in [-0.15, -0.1) is 0 Å². The van der Waals surface area contributed by atoms with Gasteiger partial charge in [-0.05, 0) is 66.4 Å². The number of aryl methyl sites for hydroxylation is 1. The van der Waals surface area contributed by atoms with Crippen molar-refractivity contribution in [2.75, 3.05) is 24.5 Å². The Morgan fingerprint density at radius 3 is 2.21 bits per heavy atom. The standard InChI is InChI=1S/C36H39Cl2N3O5S/c1-25(2)22-39-36(43)34(20-27-9-6-5-7-10-27)40(23-28-11-8-12-30(19-28)46-4)35(42)24-41(33-21-29(37)15-18-32(33)38)47(44,45)31-16-13-26(3)14-17-31/h5-19,21,25,34H,20,22-24H2,1-4H3,(H,39,43)/t34-/m1/s1. The van der Waals surface area contributed by atoms with E-state index in [1.54, 1.807) is 37.4 Å². The third-order valence-corrected chi connectivity index (χ3v) is 9.84. The van der Waals surface area contributed by atoms with E-state index in [0.29, 0.717) is 17.9 Å². The van der Waals surface area contributed by atoms with Gasteiger partial charge in [-0.3, -0.25) is 13.9 Å². The van der Waals surface area contributed by atoms with E-state index >= 15 is 0 Å². The van der Waals surface area contributed by atoms with Crippen LogP contribution < -0.4 is 14.4 Å². The number of methoxy groups -OCH3 is 1. The molecule has 11 heteroatoms. The highest BCUT2D eigenvalue weighted by molar-refractivity contribution is 7.92. The number of nitrogens with one attached hydrogen (secondary N) is 1. The minimum Gasteiger partial charge on any atom is -0.497 e. The maximum absolute atomic E-state index is 14.6. The fourth-order valence-corrected chi connectivity index (χ4v) is 6.83. The summed E-state index contributed by atoms with van der Waals surface area (Å²) >= 11 is 12.9. The summed E-state index contributed by atoms with van der Waals surface area (Å²) in [7, 11) is -2.78. The Balaban J connectivity index is 1.84. The Bertz CT molecular complexity index is 1780. The highest BCUT2D eigenvalue weighted by Crippen LogP contribution is 2.33. The Hall–Kier alpha value is -4.05. The molecular weight excluding hydrogens is 657 g/mol. The van der Waals surface area contributed by atoms with Crippen molar-refractivity contribution in [3.63, 3.8) is 0 Å². The molecule has 4 aromatic rings. The van der Waals surface area contributed by atoms with E-state index < -0.39 is 28.5 Å². The lowest BCUT2D eigenvalue weighted by Crippen LogP contribution is -2.53. The molecule has 1 atom stereocenters. The van der Waals surface area contributed by atoms with Crippen molar-refractivity contribution in [2.45, 2.75) is 44.7 Å². The first-order valence-corrected chi connectivity index (χ1v) is 17.4. The van der Waals surface area contributed by atoms with E-state index in [2.05, 4.69) is 5.32 Å². The highest BCUT2D eigenvalue weighted by Gasteiger charge is 2.35. The van der Waals surface area contributed by atoms with Crippen LogP contribution in [0.2, 0.25) is 10.0 Å². The molecule has 0 spiro atoms. The van der Waals surface area contributed by atoms with Crippen LogP contribution in [-0.2, 0) is 32.6 Å². The lowest BCUT2D eigenvalue weighted by molar-refractivity contribution is -0.140. The lowest BCUT2D eigenvalue weighted by atomic mass is 10.0. The summed E-state index contributed by atoms with van der Waals surface area (Å²) in [5, 5.41) is 3.31. The second-order valence-electron chi connectivity index (χ2n) is 11.6. The monoisotopic (exact) mass is 695 g/mol. The number of sulfonamides is 1. The Morgan fingerprint density at radius 1 is 0.872 bits per heavy atom. The smallest absolute Gasteiger partial charge is 0.264 e. The summed E-state index contributed by atoms with van der Waals surface area (Å²) < 4.78 is 34.8. The van der Waals surface area contributed by atoms with Crippen molar-refractivity contribution in [1.29, 1.82) is 0 Å². The Morgan fingerprint density at radius 2 is 1.55 bits per heavy atom. The van der Waals surface area contributed by atoms with Crippen LogP contribution in [0.4, 0.5) is 5.69 Å². The van der Waals surface area contributed by atoms with Gasteiger partial charge in [0.2, 0.25) is 11.8 Å². The fraction of sp³-hybridized carbons (Fsp3) is 0.278. The number of hydrogen-bond acceptors (Lipinski definition) is 5. The van der Waals surface area contributed by atoms with Gasteiger partial charge in [-0.25, -0.2) is 8.42 Å². The second kappa shape index (κ2) is 16.2. The molecule has 0 unspecified atom stereocenters. The molecule has 0 fully saturated rings. The molecule has 0 bridgehead atoms. The minimum absolute atomic E-state index is 0.00430. The predicted octanol–water partition coefficient (Wildman–Crippen LogP) is 6.92. The van der Waals surface area contributed by atoms with Crippen LogP contribution in [-0.4, -0.2) is 51.4 Å². The number of hydrogen-bond donors (Lipinski definition) is 1.